The highest BCUT2D eigenvalue weighted by atomic mass is 35.5. The molecule has 1 N–H and O–H groups in total. The number of thiophene rings is 1. The molecule has 43 heavy (non-hydrogen) atoms. The maximum atomic E-state index is 13.5. The van der Waals surface area contributed by atoms with Gasteiger partial charge in [0.2, 0.25) is 0 Å². The number of hydrogen-bond acceptors (Lipinski definition) is 6. The van der Waals surface area contributed by atoms with Crippen LogP contribution in [0.3, 0.4) is 0 Å². The SMILES string of the molecule is CC[N+]1(CC)CCC(n2cc3c(n2)CCc2c-3sc3ncnc(Nc4ccc(OCc5cccc(F)c5)c(Cl)c4)c23)CC1. The van der Waals surface area contributed by atoms with Crippen molar-refractivity contribution in [1.82, 2.24) is 19.7 Å². The number of halogens is 2. The van der Waals surface area contributed by atoms with Crippen molar-refractivity contribution in [3.05, 3.63) is 82.6 Å². The average molecular weight is 618 g/mol. The minimum atomic E-state index is -0.290. The number of piperidine rings is 1. The van der Waals surface area contributed by atoms with E-state index in [0.29, 0.717) is 16.8 Å². The summed E-state index contributed by atoms with van der Waals surface area (Å²) < 4.78 is 22.9. The highest BCUT2D eigenvalue weighted by molar-refractivity contribution is 7.22. The van der Waals surface area contributed by atoms with Gasteiger partial charge in [0.05, 0.1) is 48.3 Å². The smallest absolute Gasteiger partial charge is 0.142 e. The van der Waals surface area contributed by atoms with E-state index in [9.17, 15) is 4.39 Å². The van der Waals surface area contributed by atoms with E-state index in [4.69, 9.17) is 21.4 Å². The monoisotopic (exact) mass is 617 g/mol. The van der Waals surface area contributed by atoms with E-state index in [1.807, 2.05) is 24.3 Å². The fourth-order valence-electron chi connectivity index (χ4n) is 6.62. The van der Waals surface area contributed by atoms with Crippen LogP contribution in [0.15, 0.2) is 55.0 Å². The number of fused-ring (bicyclic) bond motifs is 5. The molecule has 0 spiro atoms. The quantitative estimate of drug-likeness (QED) is 0.179. The van der Waals surface area contributed by atoms with E-state index >= 15 is 0 Å². The van der Waals surface area contributed by atoms with Crippen molar-refractivity contribution in [1.29, 1.82) is 0 Å². The van der Waals surface area contributed by atoms with Crippen LogP contribution in [0.25, 0.3) is 20.7 Å². The molecule has 0 radical (unpaired) electrons. The molecule has 222 valence electrons. The zero-order valence-electron chi connectivity index (χ0n) is 24.4. The first kappa shape index (κ1) is 28.3. The van der Waals surface area contributed by atoms with Crippen LogP contribution in [-0.2, 0) is 19.4 Å². The summed E-state index contributed by atoms with van der Waals surface area (Å²) in [5.74, 6) is 1.01. The van der Waals surface area contributed by atoms with Gasteiger partial charge in [0.15, 0.2) is 0 Å². The van der Waals surface area contributed by atoms with Crippen LogP contribution in [0.4, 0.5) is 15.9 Å². The Kier molecular flexibility index (Phi) is 7.57. The minimum absolute atomic E-state index is 0.231. The Morgan fingerprint density at radius 3 is 2.70 bits per heavy atom. The number of aryl methyl sites for hydroxylation is 2. The van der Waals surface area contributed by atoms with E-state index in [1.165, 1.54) is 77.3 Å². The van der Waals surface area contributed by atoms with Gasteiger partial charge in [0.25, 0.3) is 0 Å². The molecule has 10 heteroatoms. The zero-order valence-corrected chi connectivity index (χ0v) is 26.0. The van der Waals surface area contributed by atoms with Crippen LogP contribution >= 0.6 is 22.9 Å². The number of ether oxygens (including phenoxy) is 1. The summed E-state index contributed by atoms with van der Waals surface area (Å²) in [6.45, 7) is 9.75. The van der Waals surface area contributed by atoms with Gasteiger partial charge in [-0.15, -0.1) is 11.3 Å². The van der Waals surface area contributed by atoms with Crippen LogP contribution in [0, 0.1) is 5.82 Å². The number of nitrogens with zero attached hydrogens (tertiary/aromatic N) is 5. The average Bonchev–Trinajstić information content (AvgIpc) is 3.63. The maximum Gasteiger partial charge on any atom is 0.142 e. The number of aromatic nitrogens is 4. The molecular formula is C33H35ClFN6OS+. The lowest BCUT2D eigenvalue weighted by Gasteiger charge is -2.42. The summed E-state index contributed by atoms with van der Waals surface area (Å²) in [5.41, 5.74) is 5.27. The van der Waals surface area contributed by atoms with E-state index in [2.05, 4.69) is 40.0 Å². The maximum absolute atomic E-state index is 13.5. The molecule has 1 fully saturated rings. The van der Waals surface area contributed by atoms with Crippen molar-refractivity contribution in [3.8, 4) is 16.2 Å². The number of rotatable bonds is 8. The van der Waals surface area contributed by atoms with E-state index in [1.54, 1.807) is 23.7 Å². The van der Waals surface area contributed by atoms with Crippen molar-refractivity contribution in [2.24, 2.45) is 0 Å². The summed E-state index contributed by atoms with van der Waals surface area (Å²) in [6.07, 6.45) is 8.08. The van der Waals surface area contributed by atoms with Crippen LogP contribution in [-0.4, -0.2) is 50.4 Å². The Morgan fingerprint density at radius 1 is 1.09 bits per heavy atom. The molecule has 7 nitrogen and oxygen atoms in total. The molecule has 0 saturated carbocycles. The molecule has 5 aromatic rings. The third-order valence-corrected chi connectivity index (χ3v) is 10.8. The standard InChI is InChI=1S/C33H35ClFN6OS/c1-3-41(4-2)14-12-24(13-15-41)40-18-26-28(39-40)10-9-25-30-32(36-20-37-33(30)43-31(25)26)38-23-8-11-29(27(34)17-23)42-19-21-6-5-7-22(35)16-21/h5-8,11,16-18,20,24H,3-4,9-10,12-15,19H2,1-2H3,(H,36,37,38)/q+1. The molecule has 2 aliphatic rings. The number of likely N-dealkylation sites (tertiary alicyclic amines) is 1. The second kappa shape index (κ2) is 11.5. The van der Waals surface area contributed by atoms with Crippen LogP contribution in [0.1, 0.15) is 49.6 Å². The number of anilines is 2. The molecule has 7 rings (SSSR count). The first-order chi connectivity index (χ1) is 20.9. The van der Waals surface area contributed by atoms with Crippen molar-refractivity contribution < 1.29 is 13.6 Å². The molecule has 4 heterocycles. The largest absolute Gasteiger partial charge is 0.487 e. The normalized spacial score (nSPS) is 16.2. The van der Waals surface area contributed by atoms with Gasteiger partial charge in [-0.05, 0) is 68.1 Å². The van der Waals surface area contributed by atoms with Gasteiger partial charge >= 0.3 is 0 Å². The highest BCUT2D eigenvalue weighted by Crippen LogP contribution is 2.46. The molecule has 2 aromatic carbocycles. The fourth-order valence-corrected chi connectivity index (χ4v) is 8.08. The van der Waals surface area contributed by atoms with Crippen LogP contribution in [0.2, 0.25) is 5.02 Å². The topological polar surface area (TPSA) is 64.9 Å². The van der Waals surface area contributed by atoms with Gasteiger partial charge in [-0.1, -0.05) is 23.7 Å². The lowest BCUT2D eigenvalue weighted by molar-refractivity contribution is -0.930. The Hall–Kier alpha value is -3.53. The molecule has 0 atom stereocenters. The molecule has 0 unspecified atom stereocenters. The molecule has 0 amide bonds. The summed E-state index contributed by atoms with van der Waals surface area (Å²) in [6, 6.07) is 12.4. The molecule has 1 aliphatic carbocycles. The van der Waals surface area contributed by atoms with E-state index in [0.717, 1.165) is 40.1 Å². The third-order valence-electron chi connectivity index (χ3n) is 9.32. The predicted octanol–water partition coefficient (Wildman–Crippen LogP) is 7.96. The second-order valence-corrected chi connectivity index (χ2v) is 13.0. The van der Waals surface area contributed by atoms with Crippen molar-refractivity contribution in [2.45, 2.75) is 52.2 Å². The molecule has 3 aromatic heterocycles. The third kappa shape index (κ3) is 5.39. The Bertz CT molecular complexity index is 1790. The van der Waals surface area contributed by atoms with Gasteiger partial charge in [0.1, 0.15) is 35.1 Å². The number of nitrogens with one attached hydrogen (secondary N) is 1. The van der Waals surface area contributed by atoms with Crippen LogP contribution in [0.5, 0.6) is 5.75 Å². The summed E-state index contributed by atoms with van der Waals surface area (Å²) in [5, 5.41) is 10.1. The van der Waals surface area contributed by atoms with Crippen molar-refractivity contribution >= 4 is 44.7 Å². The predicted molar refractivity (Wildman–Crippen MR) is 171 cm³/mol. The van der Waals surface area contributed by atoms with Gasteiger partial charge in [0, 0.05) is 35.2 Å². The first-order valence-electron chi connectivity index (χ1n) is 15.1. The second-order valence-electron chi connectivity index (χ2n) is 11.6. The number of quaternary nitrogens is 1. The van der Waals surface area contributed by atoms with E-state index in [-0.39, 0.29) is 12.4 Å². The molecule has 1 aliphatic heterocycles. The fraction of sp³-hybridized carbons (Fsp3) is 0.364. The molecule has 0 bridgehead atoms. The Morgan fingerprint density at radius 2 is 1.93 bits per heavy atom. The molecular weight excluding hydrogens is 583 g/mol. The van der Waals surface area contributed by atoms with Gasteiger partial charge in [-0.25, -0.2) is 14.4 Å². The van der Waals surface area contributed by atoms with Gasteiger partial charge < -0.3 is 14.5 Å². The zero-order chi connectivity index (χ0) is 29.6. The van der Waals surface area contributed by atoms with Crippen LogP contribution < -0.4 is 10.1 Å². The number of benzene rings is 2. The summed E-state index contributed by atoms with van der Waals surface area (Å²) in [7, 11) is 0. The Balaban J connectivity index is 1.12. The highest BCUT2D eigenvalue weighted by Gasteiger charge is 2.33. The lowest BCUT2D eigenvalue weighted by Crippen LogP contribution is -2.52. The van der Waals surface area contributed by atoms with Gasteiger partial charge in [-0.2, -0.15) is 5.10 Å². The summed E-state index contributed by atoms with van der Waals surface area (Å²) >= 11 is 8.31. The van der Waals surface area contributed by atoms with Crippen molar-refractivity contribution in [2.75, 3.05) is 31.5 Å². The van der Waals surface area contributed by atoms with Crippen molar-refractivity contribution in [3.63, 3.8) is 0 Å². The minimum Gasteiger partial charge on any atom is -0.487 e. The Labute approximate surface area is 259 Å². The van der Waals surface area contributed by atoms with Gasteiger partial charge in [-0.3, -0.25) is 4.68 Å². The molecule has 1 saturated heterocycles. The first-order valence-corrected chi connectivity index (χ1v) is 16.3. The summed E-state index contributed by atoms with van der Waals surface area (Å²) in [4.78, 5) is 11.5. The lowest BCUT2D eigenvalue weighted by atomic mass is 9.95. The number of hydrogen-bond donors (Lipinski definition) is 1. The van der Waals surface area contributed by atoms with E-state index < -0.39 is 0 Å².